The lowest BCUT2D eigenvalue weighted by molar-refractivity contribution is -0.215. The molecule has 53 heavy (non-hydrogen) atoms. The van der Waals surface area contributed by atoms with E-state index in [4.69, 9.17) is 10.5 Å². The summed E-state index contributed by atoms with van der Waals surface area (Å²) in [7, 11) is 2.36. The second-order valence-electron chi connectivity index (χ2n) is 9.21. The van der Waals surface area contributed by atoms with Crippen molar-refractivity contribution in [2.24, 2.45) is 0 Å². The van der Waals surface area contributed by atoms with E-state index in [1.165, 1.54) is 59.7 Å². The van der Waals surface area contributed by atoms with Gasteiger partial charge in [0.25, 0.3) is 0 Å². The third kappa shape index (κ3) is 37.3. The van der Waals surface area contributed by atoms with Gasteiger partial charge in [-0.25, -0.2) is 9.78 Å². The van der Waals surface area contributed by atoms with Crippen LogP contribution < -0.4 is 0 Å². The first-order valence-electron chi connectivity index (χ1n) is 18.9. The maximum Gasteiger partial charge on any atom is 0.0710 e. The molecule has 0 fully saturated rings. The van der Waals surface area contributed by atoms with E-state index in [1.54, 1.807) is 0 Å². The highest BCUT2D eigenvalue weighted by molar-refractivity contribution is 5.82. The second kappa shape index (κ2) is 54.5. The van der Waals surface area contributed by atoms with E-state index in [0.717, 1.165) is 0 Å². The largest absolute Gasteiger partial charge is 0.252 e. The molecule has 0 unspecified atom stereocenters. The van der Waals surface area contributed by atoms with Gasteiger partial charge in [0.05, 0.1) is 14.2 Å². The monoisotopic (exact) mass is 731 g/mol. The molecule has 0 aliphatic carbocycles. The molecule has 6 aromatic carbocycles. The lowest BCUT2D eigenvalue weighted by Gasteiger charge is -1.98. The molecule has 0 aliphatic rings. The van der Waals surface area contributed by atoms with Crippen LogP contribution in [-0.2, 0) is 9.78 Å². The third-order valence-corrected chi connectivity index (χ3v) is 5.20. The van der Waals surface area contributed by atoms with Crippen molar-refractivity contribution in [3.63, 3.8) is 0 Å². The van der Waals surface area contributed by atoms with E-state index >= 15 is 0 Å². The summed E-state index contributed by atoms with van der Waals surface area (Å²) in [6.45, 7) is 24.5. The minimum Gasteiger partial charge on any atom is -0.252 e. The van der Waals surface area contributed by atoms with Crippen molar-refractivity contribution >= 4 is 21.5 Å². The van der Waals surface area contributed by atoms with Crippen molar-refractivity contribution < 1.29 is 20.3 Å². The molecule has 0 aromatic heterocycles. The average molecular weight is 731 g/mol. The summed E-state index contributed by atoms with van der Waals surface area (Å²) in [5, 5.41) is 19.4. The van der Waals surface area contributed by atoms with Crippen molar-refractivity contribution in [1.29, 1.82) is 0 Å². The van der Waals surface area contributed by atoms with Crippen LogP contribution in [0.1, 0.15) is 103 Å². The molecule has 0 amide bonds. The minimum atomic E-state index is 0. The normalized spacial score (nSPS) is 7.77. The Morgan fingerprint density at radius 2 is 0.434 bits per heavy atom. The van der Waals surface area contributed by atoms with Gasteiger partial charge < -0.3 is 0 Å². The summed E-state index contributed by atoms with van der Waals surface area (Å²) in [4.78, 5) is 6.50. The SMILES string of the molecule is C.CC.CC.CC.CC.CCC.CCC.COO.COO.c1ccc(-c2ccccc2)cc1.c1ccc2ccccc2c1.c1ccc2ccccc2c1. The Hall–Kier alpha value is -4.32. The summed E-state index contributed by atoms with van der Waals surface area (Å²) in [6, 6.07) is 54.2. The van der Waals surface area contributed by atoms with E-state index in [1.807, 2.05) is 67.5 Å². The average Bonchev–Trinajstić information content (AvgIpc) is 3.23. The fourth-order valence-electron chi connectivity index (χ4n) is 3.53. The highest BCUT2D eigenvalue weighted by Crippen LogP contribution is 2.17. The van der Waals surface area contributed by atoms with Crippen LogP contribution >= 0.6 is 0 Å². The first-order chi connectivity index (χ1) is 25.6. The summed E-state index contributed by atoms with van der Waals surface area (Å²) in [5.74, 6) is 0. The van der Waals surface area contributed by atoms with Gasteiger partial charge in [-0.05, 0) is 32.7 Å². The predicted molar refractivity (Wildman–Crippen MR) is 243 cm³/mol. The van der Waals surface area contributed by atoms with Gasteiger partial charge in [0.1, 0.15) is 0 Å². The number of hydrogen-bond acceptors (Lipinski definition) is 4. The van der Waals surface area contributed by atoms with Crippen molar-refractivity contribution in [2.75, 3.05) is 14.2 Å². The van der Waals surface area contributed by atoms with Gasteiger partial charge in [-0.15, -0.1) is 0 Å². The summed E-state index contributed by atoms with van der Waals surface area (Å²) in [5.41, 5.74) is 2.55. The molecule has 0 spiro atoms. The van der Waals surface area contributed by atoms with E-state index in [9.17, 15) is 0 Å². The van der Waals surface area contributed by atoms with E-state index in [2.05, 4.69) is 183 Å². The molecule has 0 heterocycles. The van der Waals surface area contributed by atoms with E-state index in [-0.39, 0.29) is 7.43 Å². The van der Waals surface area contributed by atoms with Gasteiger partial charge >= 0.3 is 0 Å². The molecule has 0 saturated carbocycles. The zero-order valence-electron chi connectivity index (χ0n) is 35.1. The zero-order valence-corrected chi connectivity index (χ0v) is 35.1. The highest BCUT2D eigenvalue weighted by Gasteiger charge is 1.92. The zero-order chi connectivity index (χ0) is 40.7. The molecule has 4 nitrogen and oxygen atoms in total. The minimum absolute atomic E-state index is 0. The third-order valence-electron chi connectivity index (χ3n) is 5.20. The summed E-state index contributed by atoms with van der Waals surface area (Å²) in [6.07, 6.45) is 2.50. The summed E-state index contributed by atoms with van der Waals surface area (Å²) < 4.78 is 0. The lowest BCUT2D eigenvalue weighted by Crippen LogP contribution is -1.73. The molecule has 6 rings (SSSR count). The van der Waals surface area contributed by atoms with Crippen LogP contribution in [0.4, 0.5) is 0 Å². The highest BCUT2D eigenvalue weighted by atomic mass is 17.1. The molecule has 298 valence electrons. The first kappa shape index (κ1) is 60.8. The molecule has 6 aromatic rings. The maximum atomic E-state index is 7.07. The Morgan fingerprint density at radius 3 is 0.566 bits per heavy atom. The smallest absolute Gasteiger partial charge is 0.0710 e. The Labute approximate surface area is 327 Å². The van der Waals surface area contributed by atoms with Crippen LogP contribution in [0, 0.1) is 0 Å². The van der Waals surface area contributed by atoms with Crippen LogP contribution in [0.3, 0.4) is 0 Å². The topological polar surface area (TPSA) is 58.9 Å². The molecule has 0 atom stereocenters. The molecule has 2 N–H and O–H groups in total. The molecule has 4 heteroatoms. The van der Waals surface area contributed by atoms with Crippen LogP contribution in [0.25, 0.3) is 32.7 Å². The van der Waals surface area contributed by atoms with Gasteiger partial charge in [0, 0.05) is 0 Å². The van der Waals surface area contributed by atoms with Crippen LogP contribution in [-0.4, -0.2) is 24.7 Å². The molecule has 0 saturated heterocycles. The van der Waals surface area contributed by atoms with Crippen molar-refractivity contribution in [3.05, 3.63) is 158 Å². The molecule has 0 aliphatic heterocycles. The van der Waals surface area contributed by atoms with Crippen LogP contribution in [0.15, 0.2) is 158 Å². The maximum absolute atomic E-state index is 7.07. The fourth-order valence-corrected chi connectivity index (χ4v) is 3.53. The van der Waals surface area contributed by atoms with Gasteiger partial charge in [-0.2, -0.15) is 0 Å². The first-order valence-corrected chi connectivity index (χ1v) is 18.9. The number of benzene rings is 6. The lowest BCUT2D eigenvalue weighted by atomic mass is 10.1. The fraction of sp³-hybridized carbons (Fsp3) is 0.347. The Kier molecular flexibility index (Phi) is 62.4. The molecule has 0 radical (unpaired) electrons. The van der Waals surface area contributed by atoms with Gasteiger partial charge in [0.15, 0.2) is 0 Å². The molecular weight excluding hydrogens is 653 g/mol. The van der Waals surface area contributed by atoms with E-state index < -0.39 is 0 Å². The van der Waals surface area contributed by atoms with Crippen LogP contribution in [0.2, 0.25) is 0 Å². The van der Waals surface area contributed by atoms with Crippen molar-refractivity contribution in [3.8, 4) is 11.1 Å². The Bertz CT molecular complexity index is 1190. The van der Waals surface area contributed by atoms with Gasteiger partial charge in [-0.3, -0.25) is 10.5 Å². The van der Waals surface area contributed by atoms with Crippen molar-refractivity contribution in [1.82, 2.24) is 0 Å². The van der Waals surface area contributed by atoms with Gasteiger partial charge in [-0.1, -0.05) is 261 Å². The quantitative estimate of drug-likeness (QED) is 0.131. The second-order valence-corrected chi connectivity index (χ2v) is 9.21. The summed E-state index contributed by atoms with van der Waals surface area (Å²) >= 11 is 0. The Morgan fingerprint density at radius 1 is 0.321 bits per heavy atom. The van der Waals surface area contributed by atoms with E-state index in [0.29, 0.717) is 0 Å². The van der Waals surface area contributed by atoms with Crippen LogP contribution in [0.5, 0.6) is 0 Å². The molecule has 0 bridgehead atoms. The predicted octanol–water partition coefficient (Wildman–Crippen LogP) is 16.8. The standard InChI is InChI=1S/C12H10.2C10H8.2C3H8.4C2H6.2CH4O2.CH4/c1-3-7-11(8-4-1)12-9-5-2-6-10-12;2*1-2-6-10-8-4-3-7-9(10)5-1;2*1-3-2;4*1-2;2*1-3-2;/h1-10H;2*1-8H;2*3H2,1-2H3;4*1-2H3;2*2H,1H3;1H4. The number of hydrogen-bond donors (Lipinski definition) is 2. The van der Waals surface area contributed by atoms with Gasteiger partial charge in [0.2, 0.25) is 0 Å². The Balaban J connectivity index is -0.000000125. The number of fused-ring (bicyclic) bond motifs is 2. The van der Waals surface area contributed by atoms with Crippen molar-refractivity contribution in [2.45, 2.75) is 103 Å². The number of rotatable bonds is 1. The molecular formula is C49H78O4.